The van der Waals surface area contributed by atoms with Crippen molar-refractivity contribution >= 4 is 45.2 Å². The fraction of sp³-hybridized carbons (Fsp3) is 0.444. The molecule has 12 heteroatoms. The van der Waals surface area contributed by atoms with Crippen molar-refractivity contribution in [2.75, 3.05) is 52.6 Å². The summed E-state index contributed by atoms with van der Waals surface area (Å²) >= 11 is 12.5. The van der Waals surface area contributed by atoms with Crippen LogP contribution in [-0.4, -0.2) is 98.0 Å². The molecule has 9 nitrogen and oxygen atoms in total. The van der Waals surface area contributed by atoms with Gasteiger partial charge in [-0.1, -0.05) is 41.4 Å². The number of sulfonamides is 1. The number of carbonyl (C=O) groups excluding carboxylic acids is 2. The minimum absolute atomic E-state index is 0.193. The number of urea groups is 1. The topological polar surface area (TPSA) is 105 Å². The number of amides is 3. The quantitative estimate of drug-likeness (QED) is 0.525. The minimum Gasteiger partial charge on any atom is -0.336 e. The molecule has 208 valence electrons. The molecule has 2 saturated heterocycles. The SMILES string of the molecule is CC(C#N)c1cccc(C(=O)N(C)[C@@H]2CN(C(=O)N3CCN(S(C)(=O)=O)CC3)C[C@H]2c2ccc(Cl)c(Cl)c2)c1. The van der Waals surface area contributed by atoms with Gasteiger partial charge in [-0.2, -0.15) is 9.57 Å². The largest absolute Gasteiger partial charge is 0.336 e. The lowest BCUT2D eigenvalue weighted by molar-refractivity contribution is 0.0723. The number of halogens is 2. The van der Waals surface area contributed by atoms with Gasteiger partial charge in [0.15, 0.2) is 0 Å². The maximum atomic E-state index is 13.6. The molecule has 0 radical (unpaired) electrons. The second-order valence-electron chi connectivity index (χ2n) is 10.1. The average Bonchev–Trinajstić information content (AvgIpc) is 3.38. The minimum atomic E-state index is -3.32. The molecule has 2 aromatic carbocycles. The predicted molar refractivity (Wildman–Crippen MR) is 151 cm³/mol. The fourth-order valence-corrected chi connectivity index (χ4v) is 6.32. The van der Waals surface area contributed by atoms with E-state index in [2.05, 4.69) is 6.07 Å². The molecule has 0 aromatic heterocycles. The molecule has 4 rings (SSSR count). The van der Waals surface area contributed by atoms with Crippen LogP contribution in [0.15, 0.2) is 42.5 Å². The monoisotopic (exact) mass is 591 g/mol. The summed E-state index contributed by atoms with van der Waals surface area (Å²) in [4.78, 5) is 32.2. The zero-order chi connectivity index (χ0) is 28.5. The van der Waals surface area contributed by atoms with Crippen LogP contribution in [0.1, 0.15) is 40.2 Å². The van der Waals surface area contributed by atoms with Crippen LogP contribution < -0.4 is 0 Å². The summed E-state index contributed by atoms with van der Waals surface area (Å²) < 4.78 is 25.1. The van der Waals surface area contributed by atoms with E-state index in [1.807, 2.05) is 12.1 Å². The first-order valence-electron chi connectivity index (χ1n) is 12.6. The van der Waals surface area contributed by atoms with E-state index >= 15 is 0 Å². The molecule has 0 saturated carbocycles. The molecule has 3 amide bonds. The Morgan fingerprint density at radius 1 is 1.03 bits per heavy atom. The molecule has 2 fully saturated rings. The number of likely N-dealkylation sites (N-methyl/N-ethyl adjacent to an activating group) is 1. The Morgan fingerprint density at radius 3 is 2.33 bits per heavy atom. The third-order valence-corrected chi connectivity index (χ3v) is 9.60. The number of hydrogen-bond acceptors (Lipinski definition) is 5. The number of nitriles is 1. The summed E-state index contributed by atoms with van der Waals surface area (Å²) in [5.41, 5.74) is 2.08. The lowest BCUT2D eigenvalue weighted by atomic mass is 9.93. The molecular formula is C27H31Cl2N5O4S. The van der Waals surface area contributed by atoms with Crippen molar-refractivity contribution in [3.8, 4) is 6.07 Å². The summed E-state index contributed by atoms with van der Waals surface area (Å²) in [5.74, 6) is -0.793. The summed E-state index contributed by atoms with van der Waals surface area (Å²) in [5, 5.41) is 10.1. The summed E-state index contributed by atoms with van der Waals surface area (Å²) in [7, 11) is -1.60. The van der Waals surface area contributed by atoms with Crippen molar-refractivity contribution in [2.24, 2.45) is 0 Å². The number of carbonyl (C=O) groups is 2. The Hall–Kier alpha value is -2.84. The first-order chi connectivity index (χ1) is 18.4. The van der Waals surface area contributed by atoms with Gasteiger partial charge >= 0.3 is 6.03 Å². The standard InChI is InChI=1S/C27H31Cl2N5O4S/c1-18(15-30)19-5-4-6-21(13-19)26(35)31(2)25-17-33(16-22(25)20-7-8-23(28)24(29)14-20)27(36)32-9-11-34(12-10-32)39(3,37)38/h4-8,13-14,18,22,25H,9-12,16-17H2,1-3H3/t18?,22-,25+/m0/s1. The maximum Gasteiger partial charge on any atom is 0.320 e. The van der Waals surface area contributed by atoms with Crippen molar-refractivity contribution in [1.29, 1.82) is 5.26 Å². The van der Waals surface area contributed by atoms with Gasteiger partial charge in [-0.25, -0.2) is 13.2 Å². The van der Waals surface area contributed by atoms with Crippen molar-refractivity contribution in [2.45, 2.75) is 24.8 Å². The van der Waals surface area contributed by atoms with Gasteiger partial charge in [0, 0.05) is 57.8 Å². The number of piperazine rings is 1. The van der Waals surface area contributed by atoms with Crippen LogP contribution in [0.3, 0.4) is 0 Å². The van der Waals surface area contributed by atoms with E-state index in [4.69, 9.17) is 23.2 Å². The lowest BCUT2D eigenvalue weighted by Gasteiger charge is -2.35. The number of benzene rings is 2. The van der Waals surface area contributed by atoms with Crippen LogP contribution in [0, 0.1) is 11.3 Å². The highest BCUT2D eigenvalue weighted by atomic mass is 35.5. The molecule has 0 spiro atoms. The second-order valence-corrected chi connectivity index (χ2v) is 12.9. The van der Waals surface area contributed by atoms with E-state index in [1.54, 1.807) is 59.0 Å². The zero-order valence-electron chi connectivity index (χ0n) is 22.0. The normalized spacial score (nSPS) is 20.9. The summed E-state index contributed by atoms with van der Waals surface area (Å²) in [6, 6.07) is 14.0. The van der Waals surface area contributed by atoms with E-state index < -0.39 is 10.0 Å². The van der Waals surface area contributed by atoms with Gasteiger partial charge in [-0.3, -0.25) is 4.79 Å². The van der Waals surface area contributed by atoms with Gasteiger partial charge < -0.3 is 14.7 Å². The van der Waals surface area contributed by atoms with E-state index in [9.17, 15) is 23.3 Å². The number of hydrogen-bond donors (Lipinski definition) is 0. The maximum absolute atomic E-state index is 13.6. The van der Waals surface area contributed by atoms with Crippen molar-refractivity contribution < 1.29 is 18.0 Å². The molecule has 2 aromatic rings. The number of rotatable bonds is 5. The first kappa shape index (κ1) is 29.2. The first-order valence-corrected chi connectivity index (χ1v) is 15.2. The summed E-state index contributed by atoms with van der Waals surface area (Å²) in [6.45, 7) is 3.52. The van der Waals surface area contributed by atoms with Gasteiger partial charge in [0.05, 0.1) is 34.3 Å². The van der Waals surface area contributed by atoms with Gasteiger partial charge in [-0.05, 0) is 42.3 Å². The number of nitrogens with zero attached hydrogens (tertiary/aromatic N) is 5. The van der Waals surface area contributed by atoms with Crippen LogP contribution in [0.2, 0.25) is 10.0 Å². The third-order valence-electron chi connectivity index (χ3n) is 7.55. The van der Waals surface area contributed by atoms with Gasteiger partial charge in [0.2, 0.25) is 10.0 Å². The fourth-order valence-electron chi connectivity index (χ4n) is 5.19. The van der Waals surface area contributed by atoms with Gasteiger partial charge in [0.1, 0.15) is 0 Å². The summed E-state index contributed by atoms with van der Waals surface area (Å²) in [6.07, 6.45) is 1.17. The molecule has 0 aliphatic carbocycles. The van der Waals surface area contributed by atoms with Crippen molar-refractivity contribution in [3.63, 3.8) is 0 Å². The van der Waals surface area contributed by atoms with E-state index in [0.29, 0.717) is 41.8 Å². The molecule has 39 heavy (non-hydrogen) atoms. The smallest absolute Gasteiger partial charge is 0.320 e. The highest BCUT2D eigenvalue weighted by Crippen LogP contribution is 2.35. The zero-order valence-corrected chi connectivity index (χ0v) is 24.4. The Morgan fingerprint density at radius 2 is 1.72 bits per heavy atom. The van der Waals surface area contributed by atoms with Crippen LogP contribution in [-0.2, 0) is 10.0 Å². The Labute approximate surface area is 239 Å². The van der Waals surface area contributed by atoms with Gasteiger partial charge in [-0.15, -0.1) is 0 Å². The van der Waals surface area contributed by atoms with E-state index in [0.717, 1.165) is 11.1 Å². The highest BCUT2D eigenvalue weighted by molar-refractivity contribution is 7.88. The third kappa shape index (κ3) is 6.33. The molecular weight excluding hydrogens is 561 g/mol. The van der Waals surface area contributed by atoms with Crippen molar-refractivity contribution in [3.05, 3.63) is 69.2 Å². The van der Waals surface area contributed by atoms with Crippen LogP contribution >= 0.6 is 23.2 Å². The molecule has 1 unspecified atom stereocenters. The van der Waals surface area contributed by atoms with Crippen LogP contribution in [0.25, 0.3) is 0 Å². The predicted octanol–water partition coefficient (Wildman–Crippen LogP) is 3.86. The molecule has 0 bridgehead atoms. The molecule has 2 aliphatic rings. The van der Waals surface area contributed by atoms with Crippen LogP contribution in [0.4, 0.5) is 4.79 Å². The Balaban J connectivity index is 1.58. The second kappa shape index (κ2) is 11.7. The molecule has 0 N–H and O–H groups in total. The lowest BCUT2D eigenvalue weighted by Crippen LogP contribution is -2.53. The molecule has 2 aliphatic heterocycles. The van der Waals surface area contributed by atoms with E-state index in [1.165, 1.54) is 10.6 Å². The number of likely N-dealkylation sites (tertiary alicyclic amines) is 1. The molecule has 3 atom stereocenters. The Kier molecular flexibility index (Phi) is 8.76. The van der Waals surface area contributed by atoms with Gasteiger partial charge in [0.25, 0.3) is 5.91 Å². The highest BCUT2D eigenvalue weighted by Gasteiger charge is 2.42. The Bertz CT molecular complexity index is 1410. The average molecular weight is 593 g/mol. The van der Waals surface area contributed by atoms with E-state index in [-0.39, 0.29) is 42.9 Å². The van der Waals surface area contributed by atoms with Crippen LogP contribution in [0.5, 0.6) is 0 Å². The molecule has 2 heterocycles. The van der Waals surface area contributed by atoms with Crippen molar-refractivity contribution in [1.82, 2.24) is 19.0 Å².